The summed E-state index contributed by atoms with van der Waals surface area (Å²) in [6, 6.07) is 2.07. The third-order valence-corrected chi connectivity index (χ3v) is 2.24. The molecule has 7 heteroatoms. The molecule has 1 atom stereocenters. The largest absolute Gasteiger partial charge is 0.507 e. The van der Waals surface area contributed by atoms with Gasteiger partial charge in [0, 0.05) is 11.6 Å². The van der Waals surface area contributed by atoms with E-state index >= 15 is 0 Å². The van der Waals surface area contributed by atoms with Crippen LogP contribution in [0.1, 0.15) is 11.6 Å². The fourth-order valence-electron chi connectivity index (χ4n) is 1.24. The van der Waals surface area contributed by atoms with Gasteiger partial charge in [-0.05, 0) is 12.1 Å². The zero-order chi connectivity index (χ0) is 12.3. The number of phenolic OH excluding ortho intramolecular Hbond substituents is 1. The summed E-state index contributed by atoms with van der Waals surface area (Å²) in [5.74, 6) is -3.53. The number of methoxy groups -OCH3 is 1. The predicted octanol–water partition coefficient (Wildman–Crippen LogP) is 1.45. The number of benzene rings is 1. The summed E-state index contributed by atoms with van der Waals surface area (Å²) in [6.07, 6.45) is 0. The maximum atomic E-state index is 13.1. The second-order valence-electron chi connectivity index (χ2n) is 3.32. The number of aliphatic hydroxyl groups excluding tert-OH is 1. The molecule has 0 unspecified atom stereocenters. The van der Waals surface area contributed by atoms with Crippen molar-refractivity contribution in [1.29, 1.82) is 0 Å². The van der Waals surface area contributed by atoms with Gasteiger partial charge in [-0.3, -0.25) is 0 Å². The van der Waals surface area contributed by atoms with E-state index in [0.717, 1.165) is 0 Å². The molecule has 0 spiro atoms. The minimum Gasteiger partial charge on any atom is -0.507 e. The highest BCUT2D eigenvalue weighted by molar-refractivity contribution is 5.85. The Bertz CT molecular complexity index is 377. The van der Waals surface area contributed by atoms with Crippen LogP contribution in [0, 0.1) is 0 Å². The van der Waals surface area contributed by atoms with Crippen LogP contribution in [-0.2, 0) is 0 Å². The molecular weight excluding hydrogens is 256 g/mol. The number of aliphatic hydroxyl groups is 1. The standard InChI is InChI=1S/C10H13F2NO3.ClH/c1-16-6-2-3-7(8(15)4-6)9(13)10(11,12)5-14;/h2-4,9,14-15H,5,13H2,1H3;1H/t9-;/m0./s1. The van der Waals surface area contributed by atoms with E-state index in [9.17, 15) is 13.9 Å². The molecule has 4 N–H and O–H groups in total. The first kappa shape index (κ1) is 15.9. The van der Waals surface area contributed by atoms with Crippen LogP contribution in [0.3, 0.4) is 0 Å². The van der Waals surface area contributed by atoms with E-state index in [4.69, 9.17) is 15.6 Å². The Kier molecular flexibility index (Phi) is 5.60. The molecule has 1 aromatic carbocycles. The van der Waals surface area contributed by atoms with Crippen molar-refractivity contribution in [2.75, 3.05) is 13.7 Å². The second-order valence-corrected chi connectivity index (χ2v) is 3.32. The highest BCUT2D eigenvalue weighted by Crippen LogP contribution is 2.35. The fourth-order valence-corrected chi connectivity index (χ4v) is 1.24. The lowest BCUT2D eigenvalue weighted by atomic mass is 10.0. The summed E-state index contributed by atoms with van der Waals surface area (Å²) in [4.78, 5) is 0. The van der Waals surface area contributed by atoms with Crippen LogP contribution in [-0.4, -0.2) is 29.9 Å². The van der Waals surface area contributed by atoms with E-state index in [2.05, 4.69) is 0 Å². The Balaban J connectivity index is 0.00000256. The molecule has 0 aliphatic heterocycles. The highest BCUT2D eigenvalue weighted by atomic mass is 35.5. The topological polar surface area (TPSA) is 75.7 Å². The van der Waals surface area contributed by atoms with Gasteiger partial charge in [-0.25, -0.2) is 8.78 Å². The maximum Gasteiger partial charge on any atom is 0.289 e. The number of phenols is 1. The van der Waals surface area contributed by atoms with Crippen LogP contribution < -0.4 is 10.5 Å². The Morgan fingerprint density at radius 1 is 1.47 bits per heavy atom. The molecule has 0 aliphatic carbocycles. The number of hydrogen-bond acceptors (Lipinski definition) is 4. The van der Waals surface area contributed by atoms with Gasteiger partial charge in [-0.2, -0.15) is 0 Å². The molecule has 0 amide bonds. The van der Waals surface area contributed by atoms with Gasteiger partial charge in [-0.15, -0.1) is 12.4 Å². The van der Waals surface area contributed by atoms with Crippen LogP contribution in [0.15, 0.2) is 18.2 Å². The third-order valence-electron chi connectivity index (χ3n) is 2.24. The van der Waals surface area contributed by atoms with Crippen molar-refractivity contribution in [1.82, 2.24) is 0 Å². The fraction of sp³-hybridized carbons (Fsp3) is 0.400. The first-order valence-electron chi connectivity index (χ1n) is 4.53. The zero-order valence-electron chi connectivity index (χ0n) is 9.06. The van der Waals surface area contributed by atoms with Crippen LogP contribution in [0.25, 0.3) is 0 Å². The van der Waals surface area contributed by atoms with Crippen molar-refractivity contribution in [2.24, 2.45) is 5.73 Å². The van der Waals surface area contributed by atoms with Gasteiger partial charge in [-0.1, -0.05) is 0 Å². The van der Waals surface area contributed by atoms with Crippen molar-refractivity contribution in [2.45, 2.75) is 12.0 Å². The van der Waals surface area contributed by atoms with Crippen molar-refractivity contribution in [3.05, 3.63) is 23.8 Å². The number of nitrogens with two attached hydrogens (primary N) is 1. The SMILES string of the molecule is COc1ccc([C@H](N)C(F)(F)CO)c(O)c1.Cl. The lowest BCUT2D eigenvalue weighted by Crippen LogP contribution is -2.36. The summed E-state index contributed by atoms with van der Waals surface area (Å²) in [5, 5.41) is 18.0. The van der Waals surface area contributed by atoms with Gasteiger partial charge in [0.05, 0.1) is 7.11 Å². The van der Waals surface area contributed by atoms with E-state index < -0.39 is 18.6 Å². The van der Waals surface area contributed by atoms with Crippen molar-refractivity contribution in [3.63, 3.8) is 0 Å². The monoisotopic (exact) mass is 269 g/mol. The first-order valence-corrected chi connectivity index (χ1v) is 4.53. The maximum absolute atomic E-state index is 13.1. The molecule has 0 bridgehead atoms. The van der Waals surface area contributed by atoms with Crippen LogP contribution in [0.5, 0.6) is 11.5 Å². The van der Waals surface area contributed by atoms with E-state index in [1.165, 1.54) is 25.3 Å². The van der Waals surface area contributed by atoms with Gasteiger partial charge >= 0.3 is 0 Å². The van der Waals surface area contributed by atoms with Crippen LogP contribution in [0.4, 0.5) is 8.78 Å². The molecule has 1 aromatic rings. The summed E-state index contributed by atoms with van der Waals surface area (Å²) in [5.41, 5.74) is 5.13. The molecule has 0 heterocycles. The normalized spacial score (nSPS) is 12.8. The minimum atomic E-state index is -3.48. The molecule has 0 aliphatic rings. The number of ether oxygens (including phenoxy) is 1. The predicted molar refractivity (Wildman–Crippen MR) is 60.9 cm³/mol. The average molecular weight is 270 g/mol. The third kappa shape index (κ3) is 3.42. The lowest BCUT2D eigenvalue weighted by Gasteiger charge is -2.22. The Morgan fingerprint density at radius 3 is 2.47 bits per heavy atom. The summed E-state index contributed by atoms with van der Waals surface area (Å²) in [6.45, 7) is -1.38. The number of halogens is 3. The molecule has 0 saturated heterocycles. The van der Waals surface area contributed by atoms with Crippen molar-refractivity contribution < 1.29 is 23.7 Å². The van der Waals surface area contributed by atoms with E-state index in [1.54, 1.807) is 0 Å². The quantitative estimate of drug-likeness (QED) is 0.773. The molecule has 1 rings (SSSR count). The highest BCUT2D eigenvalue weighted by Gasteiger charge is 2.38. The van der Waals surface area contributed by atoms with Gasteiger partial charge < -0.3 is 20.7 Å². The number of alkyl halides is 2. The Labute approximate surface area is 103 Å². The van der Waals surface area contributed by atoms with E-state index in [0.29, 0.717) is 5.75 Å². The minimum absolute atomic E-state index is 0. The second kappa shape index (κ2) is 6.00. The average Bonchev–Trinajstić information content (AvgIpc) is 2.28. The van der Waals surface area contributed by atoms with Crippen LogP contribution in [0.2, 0.25) is 0 Å². The van der Waals surface area contributed by atoms with Gasteiger partial charge in [0.25, 0.3) is 5.92 Å². The lowest BCUT2D eigenvalue weighted by molar-refractivity contribution is -0.0716. The summed E-state index contributed by atoms with van der Waals surface area (Å²) >= 11 is 0. The summed E-state index contributed by atoms with van der Waals surface area (Å²) in [7, 11) is 1.39. The molecule has 0 fully saturated rings. The van der Waals surface area contributed by atoms with Gasteiger partial charge in [0.2, 0.25) is 0 Å². The van der Waals surface area contributed by atoms with Crippen LogP contribution >= 0.6 is 12.4 Å². The van der Waals surface area contributed by atoms with Gasteiger partial charge in [0.15, 0.2) is 0 Å². The van der Waals surface area contributed by atoms with Crippen molar-refractivity contribution in [3.8, 4) is 11.5 Å². The number of rotatable bonds is 4. The smallest absolute Gasteiger partial charge is 0.289 e. The molecule has 4 nitrogen and oxygen atoms in total. The molecular formula is C10H14ClF2NO3. The van der Waals surface area contributed by atoms with Crippen molar-refractivity contribution >= 4 is 12.4 Å². The number of hydrogen-bond donors (Lipinski definition) is 3. The first-order chi connectivity index (χ1) is 7.42. The van der Waals surface area contributed by atoms with Gasteiger partial charge in [0.1, 0.15) is 24.1 Å². The molecule has 0 saturated carbocycles. The number of aromatic hydroxyl groups is 1. The molecule has 0 aromatic heterocycles. The zero-order valence-corrected chi connectivity index (χ0v) is 9.88. The summed E-state index contributed by atoms with van der Waals surface area (Å²) < 4.78 is 31.0. The Hall–Kier alpha value is -1.11. The molecule has 0 radical (unpaired) electrons. The Morgan fingerprint density at radius 2 is 2.06 bits per heavy atom. The van der Waals surface area contributed by atoms with E-state index in [1.807, 2.05) is 0 Å². The van der Waals surface area contributed by atoms with E-state index in [-0.39, 0.29) is 23.7 Å². The molecule has 17 heavy (non-hydrogen) atoms. The molecule has 98 valence electrons.